The van der Waals surface area contributed by atoms with Gasteiger partial charge in [-0.1, -0.05) is 12.6 Å². The number of nitrogens with one attached hydrogen (secondary N) is 1. The van der Waals surface area contributed by atoms with Gasteiger partial charge in [0.15, 0.2) is 0 Å². The van der Waals surface area contributed by atoms with E-state index >= 15 is 0 Å². The quantitative estimate of drug-likeness (QED) is 0.582. The number of hydrogen-bond donors (Lipinski definition) is 1. The van der Waals surface area contributed by atoms with Gasteiger partial charge in [-0.05, 0) is 13.0 Å². The Balaban J connectivity index is 2.53. The topological polar surface area (TPSA) is 56.8 Å². The summed E-state index contributed by atoms with van der Waals surface area (Å²) in [5.41, 5.74) is 1.38. The molecule has 5 nitrogen and oxygen atoms in total. The second-order valence-corrected chi connectivity index (χ2v) is 4.11. The lowest BCUT2D eigenvalue weighted by atomic mass is 10.2. The fourth-order valence-electron chi connectivity index (χ4n) is 1.65. The van der Waals surface area contributed by atoms with Crippen LogP contribution in [-0.2, 0) is 16.1 Å². The van der Waals surface area contributed by atoms with E-state index in [1.54, 1.807) is 21.1 Å². The Morgan fingerprint density at radius 3 is 2.65 bits per heavy atom. The molecule has 0 unspecified atom stereocenters. The number of esters is 1. The summed E-state index contributed by atoms with van der Waals surface area (Å²) in [6.45, 7) is 6.73. The van der Waals surface area contributed by atoms with E-state index in [0.717, 1.165) is 17.1 Å². The lowest BCUT2D eigenvalue weighted by molar-refractivity contribution is -0.138. The van der Waals surface area contributed by atoms with E-state index in [2.05, 4.69) is 11.9 Å². The average molecular weight is 279 g/mol. The van der Waals surface area contributed by atoms with Crippen molar-refractivity contribution < 1.29 is 19.0 Å². The van der Waals surface area contributed by atoms with E-state index in [1.165, 1.54) is 0 Å². The monoisotopic (exact) mass is 279 g/mol. The van der Waals surface area contributed by atoms with Crippen molar-refractivity contribution in [2.24, 2.45) is 0 Å². The zero-order valence-corrected chi connectivity index (χ0v) is 12.2. The highest BCUT2D eigenvalue weighted by molar-refractivity contribution is 5.88. The van der Waals surface area contributed by atoms with Gasteiger partial charge in [0.05, 0.1) is 20.8 Å². The van der Waals surface area contributed by atoms with Crippen LogP contribution in [0.2, 0.25) is 0 Å². The molecule has 0 aromatic heterocycles. The van der Waals surface area contributed by atoms with E-state index in [-0.39, 0.29) is 5.97 Å². The molecule has 0 amide bonds. The highest BCUT2D eigenvalue weighted by Gasteiger charge is 2.08. The standard InChI is InChI=1S/C15H21NO4/c1-5-20-15(17)11(2)9-16-10-12-6-7-13(18-3)8-14(12)19-4/h6-8,16H,2,5,9-10H2,1,3-4H3. The first-order chi connectivity index (χ1) is 9.62. The predicted molar refractivity (Wildman–Crippen MR) is 77.0 cm³/mol. The third kappa shape index (κ3) is 4.59. The van der Waals surface area contributed by atoms with Gasteiger partial charge < -0.3 is 19.5 Å². The first-order valence-electron chi connectivity index (χ1n) is 6.38. The van der Waals surface area contributed by atoms with Crippen molar-refractivity contribution >= 4 is 5.97 Å². The lowest BCUT2D eigenvalue weighted by Gasteiger charge is -2.11. The van der Waals surface area contributed by atoms with Crippen molar-refractivity contribution in [3.63, 3.8) is 0 Å². The number of ether oxygens (including phenoxy) is 3. The summed E-state index contributed by atoms with van der Waals surface area (Å²) >= 11 is 0. The summed E-state index contributed by atoms with van der Waals surface area (Å²) in [5, 5.41) is 3.13. The molecule has 0 aliphatic carbocycles. The molecule has 1 aromatic carbocycles. The Morgan fingerprint density at radius 2 is 2.05 bits per heavy atom. The molecule has 0 aliphatic rings. The minimum absolute atomic E-state index is 0.351. The van der Waals surface area contributed by atoms with Gasteiger partial charge in [0.25, 0.3) is 0 Å². The molecule has 20 heavy (non-hydrogen) atoms. The van der Waals surface area contributed by atoms with Crippen molar-refractivity contribution in [3.8, 4) is 11.5 Å². The van der Waals surface area contributed by atoms with Gasteiger partial charge >= 0.3 is 5.97 Å². The summed E-state index contributed by atoms with van der Waals surface area (Å²) in [7, 11) is 3.21. The van der Waals surface area contributed by atoms with E-state index < -0.39 is 0 Å². The zero-order chi connectivity index (χ0) is 15.0. The van der Waals surface area contributed by atoms with E-state index in [0.29, 0.717) is 25.3 Å². The summed E-state index contributed by atoms with van der Waals surface area (Å²) in [5.74, 6) is 1.10. The van der Waals surface area contributed by atoms with Crippen LogP contribution in [0.1, 0.15) is 12.5 Å². The molecule has 1 aromatic rings. The smallest absolute Gasteiger partial charge is 0.334 e. The molecule has 0 aliphatic heterocycles. The fraction of sp³-hybridized carbons (Fsp3) is 0.400. The van der Waals surface area contributed by atoms with Crippen LogP contribution in [0, 0.1) is 0 Å². The Bertz CT molecular complexity index is 471. The fourth-order valence-corrected chi connectivity index (χ4v) is 1.65. The largest absolute Gasteiger partial charge is 0.497 e. The Kier molecular flexibility index (Phi) is 6.59. The molecule has 0 atom stereocenters. The third-order valence-corrected chi connectivity index (χ3v) is 2.71. The normalized spacial score (nSPS) is 9.95. The van der Waals surface area contributed by atoms with Crippen LogP contribution in [-0.4, -0.2) is 33.3 Å². The van der Waals surface area contributed by atoms with Crippen molar-refractivity contribution in [1.82, 2.24) is 5.32 Å². The van der Waals surface area contributed by atoms with Gasteiger partial charge in [0.2, 0.25) is 0 Å². The van der Waals surface area contributed by atoms with Crippen molar-refractivity contribution in [2.45, 2.75) is 13.5 Å². The molecule has 0 bridgehead atoms. The minimum atomic E-state index is -0.373. The maximum atomic E-state index is 11.4. The van der Waals surface area contributed by atoms with Gasteiger partial charge in [-0.25, -0.2) is 4.79 Å². The summed E-state index contributed by atoms with van der Waals surface area (Å²) < 4.78 is 15.3. The van der Waals surface area contributed by atoms with Crippen LogP contribution >= 0.6 is 0 Å². The van der Waals surface area contributed by atoms with Gasteiger partial charge in [0, 0.05) is 30.3 Å². The first kappa shape index (κ1) is 16.0. The summed E-state index contributed by atoms with van der Waals surface area (Å²) in [6.07, 6.45) is 0. The molecule has 0 heterocycles. The molecule has 0 saturated heterocycles. The van der Waals surface area contributed by atoms with Crippen LogP contribution in [0.25, 0.3) is 0 Å². The number of carbonyl (C=O) groups is 1. The molecule has 1 rings (SSSR count). The SMILES string of the molecule is C=C(CNCc1ccc(OC)cc1OC)C(=O)OCC. The Labute approximate surface area is 119 Å². The predicted octanol–water partition coefficient (Wildman–Crippen LogP) is 1.91. The maximum Gasteiger partial charge on any atom is 0.334 e. The van der Waals surface area contributed by atoms with Gasteiger partial charge in [-0.3, -0.25) is 0 Å². The first-order valence-corrected chi connectivity index (χ1v) is 6.38. The number of hydrogen-bond acceptors (Lipinski definition) is 5. The van der Waals surface area contributed by atoms with Crippen LogP contribution in [0.15, 0.2) is 30.4 Å². The van der Waals surface area contributed by atoms with E-state index in [1.807, 2.05) is 18.2 Å². The summed E-state index contributed by atoms with van der Waals surface area (Å²) in [6, 6.07) is 5.59. The van der Waals surface area contributed by atoms with Crippen molar-refractivity contribution in [1.29, 1.82) is 0 Å². The molecular weight excluding hydrogens is 258 g/mol. The van der Waals surface area contributed by atoms with Crippen LogP contribution in [0.3, 0.4) is 0 Å². The van der Waals surface area contributed by atoms with Crippen LogP contribution in [0.4, 0.5) is 0 Å². The van der Waals surface area contributed by atoms with E-state index in [4.69, 9.17) is 14.2 Å². The highest BCUT2D eigenvalue weighted by atomic mass is 16.5. The molecule has 0 saturated carbocycles. The minimum Gasteiger partial charge on any atom is -0.497 e. The van der Waals surface area contributed by atoms with Crippen molar-refractivity contribution in [3.05, 3.63) is 35.9 Å². The van der Waals surface area contributed by atoms with E-state index in [9.17, 15) is 4.79 Å². The lowest BCUT2D eigenvalue weighted by Crippen LogP contribution is -2.21. The van der Waals surface area contributed by atoms with Crippen LogP contribution < -0.4 is 14.8 Å². The number of benzene rings is 1. The number of methoxy groups -OCH3 is 2. The molecular formula is C15H21NO4. The number of carbonyl (C=O) groups excluding carboxylic acids is 1. The van der Waals surface area contributed by atoms with Gasteiger partial charge in [0.1, 0.15) is 11.5 Å². The average Bonchev–Trinajstić information content (AvgIpc) is 2.47. The summed E-state index contributed by atoms with van der Waals surface area (Å²) in [4.78, 5) is 11.4. The third-order valence-electron chi connectivity index (χ3n) is 2.71. The Morgan fingerprint density at radius 1 is 1.30 bits per heavy atom. The molecule has 1 N–H and O–H groups in total. The molecule has 0 radical (unpaired) electrons. The highest BCUT2D eigenvalue weighted by Crippen LogP contribution is 2.24. The Hall–Kier alpha value is -2.01. The zero-order valence-electron chi connectivity index (χ0n) is 12.2. The molecule has 110 valence electrons. The van der Waals surface area contributed by atoms with Gasteiger partial charge in [-0.2, -0.15) is 0 Å². The van der Waals surface area contributed by atoms with Crippen LogP contribution in [0.5, 0.6) is 11.5 Å². The molecule has 0 fully saturated rings. The maximum absolute atomic E-state index is 11.4. The molecule has 5 heteroatoms. The second-order valence-electron chi connectivity index (χ2n) is 4.11. The van der Waals surface area contributed by atoms with Crippen molar-refractivity contribution in [2.75, 3.05) is 27.4 Å². The second kappa shape index (κ2) is 8.22. The number of rotatable bonds is 8. The van der Waals surface area contributed by atoms with Gasteiger partial charge in [-0.15, -0.1) is 0 Å². The molecule has 0 spiro atoms.